The number of rotatable bonds is 4. The minimum atomic E-state index is 0.267. The highest BCUT2D eigenvalue weighted by atomic mass is 32.1. The molecule has 0 atom stereocenters. The lowest BCUT2D eigenvalue weighted by molar-refractivity contribution is 0.340. The van der Waals surface area contributed by atoms with Crippen molar-refractivity contribution in [3.8, 4) is 5.75 Å². The maximum absolute atomic E-state index is 5.51. The summed E-state index contributed by atoms with van der Waals surface area (Å²) in [4.78, 5) is 0. The van der Waals surface area contributed by atoms with Crippen molar-refractivity contribution in [2.75, 3.05) is 12.4 Å². The predicted octanol–water partition coefficient (Wildman–Crippen LogP) is 3.70. The van der Waals surface area contributed by atoms with E-state index in [-0.39, 0.29) is 5.54 Å². The molecule has 0 radical (unpaired) electrons. The highest BCUT2D eigenvalue weighted by Crippen LogP contribution is 2.48. The van der Waals surface area contributed by atoms with Crippen LogP contribution in [0.4, 0.5) is 5.69 Å². The van der Waals surface area contributed by atoms with Crippen LogP contribution in [0.25, 0.3) is 0 Å². The van der Waals surface area contributed by atoms with Crippen LogP contribution in [0.1, 0.15) is 38.5 Å². The maximum Gasteiger partial charge on any atom is 0.171 e. The van der Waals surface area contributed by atoms with Crippen molar-refractivity contribution in [2.24, 2.45) is 5.92 Å². The van der Waals surface area contributed by atoms with Gasteiger partial charge < -0.3 is 15.4 Å². The number of hydrogen-bond donors (Lipinski definition) is 2. The number of anilines is 1. The van der Waals surface area contributed by atoms with E-state index in [9.17, 15) is 0 Å². The van der Waals surface area contributed by atoms with Gasteiger partial charge in [0.15, 0.2) is 5.11 Å². The average molecular weight is 290 g/mol. The summed E-state index contributed by atoms with van der Waals surface area (Å²) in [5, 5.41) is 7.65. The van der Waals surface area contributed by atoms with Gasteiger partial charge in [0, 0.05) is 17.3 Å². The number of ether oxygens (including phenoxy) is 1. The molecule has 0 amide bonds. The lowest BCUT2D eigenvalue weighted by Gasteiger charge is -2.32. The van der Waals surface area contributed by atoms with E-state index in [1.807, 2.05) is 24.3 Å². The second-order valence-electron chi connectivity index (χ2n) is 5.95. The van der Waals surface area contributed by atoms with Gasteiger partial charge in [-0.2, -0.15) is 0 Å². The van der Waals surface area contributed by atoms with Crippen molar-refractivity contribution >= 4 is 23.0 Å². The van der Waals surface area contributed by atoms with Crippen molar-refractivity contribution < 1.29 is 4.74 Å². The smallest absolute Gasteiger partial charge is 0.171 e. The fourth-order valence-electron chi connectivity index (χ4n) is 3.37. The zero-order chi connectivity index (χ0) is 14.0. The van der Waals surface area contributed by atoms with E-state index in [1.165, 1.54) is 38.5 Å². The SMILES string of the molecule is COc1cccc(NC(=S)NC2(C3CC3)CCCC2)c1. The first-order valence-corrected chi connectivity index (χ1v) is 7.86. The highest BCUT2D eigenvalue weighted by molar-refractivity contribution is 7.80. The van der Waals surface area contributed by atoms with Crippen LogP contribution in [0.15, 0.2) is 24.3 Å². The van der Waals surface area contributed by atoms with Crippen LogP contribution < -0.4 is 15.4 Å². The third kappa shape index (κ3) is 2.90. The lowest BCUT2D eigenvalue weighted by atomic mass is 9.91. The van der Waals surface area contributed by atoms with Crippen LogP contribution in [0, 0.1) is 5.92 Å². The summed E-state index contributed by atoms with van der Waals surface area (Å²) in [6.45, 7) is 0. The molecule has 0 heterocycles. The van der Waals surface area contributed by atoms with Crippen molar-refractivity contribution in [3.63, 3.8) is 0 Å². The third-order valence-electron chi connectivity index (χ3n) is 4.54. The van der Waals surface area contributed by atoms with Crippen molar-refractivity contribution in [3.05, 3.63) is 24.3 Å². The van der Waals surface area contributed by atoms with E-state index in [1.54, 1.807) is 7.11 Å². The molecule has 0 spiro atoms. The Morgan fingerprint density at radius 3 is 2.70 bits per heavy atom. The van der Waals surface area contributed by atoms with Gasteiger partial charge in [0.1, 0.15) is 5.75 Å². The summed E-state index contributed by atoms with van der Waals surface area (Å²) in [5.74, 6) is 1.67. The van der Waals surface area contributed by atoms with Crippen molar-refractivity contribution in [1.82, 2.24) is 5.32 Å². The molecule has 4 heteroatoms. The minimum Gasteiger partial charge on any atom is -0.497 e. The molecule has 1 aromatic rings. The van der Waals surface area contributed by atoms with E-state index in [4.69, 9.17) is 17.0 Å². The first-order chi connectivity index (χ1) is 9.72. The van der Waals surface area contributed by atoms with Crippen LogP contribution in [0.2, 0.25) is 0 Å². The van der Waals surface area contributed by atoms with Gasteiger partial charge in [0.25, 0.3) is 0 Å². The average Bonchev–Trinajstić information content (AvgIpc) is 3.21. The number of hydrogen-bond acceptors (Lipinski definition) is 2. The molecular weight excluding hydrogens is 268 g/mol. The molecule has 0 saturated heterocycles. The third-order valence-corrected chi connectivity index (χ3v) is 4.75. The normalized spacial score (nSPS) is 20.4. The zero-order valence-electron chi connectivity index (χ0n) is 11.9. The molecule has 2 N–H and O–H groups in total. The molecule has 108 valence electrons. The van der Waals surface area contributed by atoms with E-state index < -0.39 is 0 Å². The molecule has 0 unspecified atom stereocenters. The Balaban J connectivity index is 1.64. The molecule has 2 aliphatic carbocycles. The highest BCUT2D eigenvalue weighted by Gasteiger charge is 2.47. The minimum absolute atomic E-state index is 0.267. The molecule has 0 aromatic heterocycles. The summed E-state index contributed by atoms with van der Waals surface area (Å²) in [7, 11) is 1.68. The molecule has 3 nitrogen and oxygen atoms in total. The summed E-state index contributed by atoms with van der Waals surface area (Å²) < 4.78 is 5.23. The summed E-state index contributed by atoms with van der Waals surface area (Å²) in [6.07, 6.45) is 7.88. The molecule has 3 rings (SSSR count). The molecule has 2 fully saturated rings. The van der Waals surface area contributed by atoms with Gasteiger partial charge in [-0.05, 0) is 56.0 Å². The summed E-state index contributed by atoms with van der Waals surface area (Å²) in [6, 6.07) is 7.88. The second kappa shape index (κ2) is 5.60. The molecule has 2 saturated carbocycles. The van der Waals surface area contributed by atoms with Crippen molar-refractivity contribution in [2.45, 2.75) is 44.1 Å². The topological polar surface area (TPSA) is 33.3 Å². The number of nitrogens with one attached hydrogen (secondary N) is 2. The Kier molecular flexibility index (Phi) is 3.83. The fourth-order valence-corrected chi connectivity index (χ4v) is 3.69. The molecule has 2 aliphatic rings. The first-order valence-electron chi connectivity index (χ1n) is 7.45. The fraction of sp³-hybridized carbons (Fsp3) is 0.562. The molecule has 0 bridgehead atoms. The van der Waals surface area contributed by atoms with Crippen LogP contribution in [-0.2, 0) is 0 Å². The maximum atomic E-state index is 5.51. The van der Waals surface area contributed by atoms with E-state index in [0.29, 0.717) is 0 Å². The van der Waals surface area contributed by atoms with Crippen LogP contribution in [0.5, 0.6) is 5.75 Å². The Morgan fingerprint density at radius 2 is 2.05 bits per heavy atom. The molecule has 20 heavy (non-hydrogen) atoms. The Labute approximate surface area is 126 Å². The van der Waals surface area contributed by atoms with E-state index in [2.05, 4.69) is 10.6 Å². The van der Waals surface area contributed by atoms with Crippen molar-refractivity contribution in [1.29, 1.82) is 0 Å². The van der Waals surface area contributed by atoms with Crippen LogP contribution in [-0.4, -0.2) is 17.8 Å². The number of thiocarbonyl (C=S) groups is 1. The van der Waals surface area contributed by atoms with Gasteiger partial charge in [-0.25, -0.2) is 0 Å². The Hall–Kier alpha value is -1.29. The number of methoxy groups -OCH3 is 1. The van der Waals surface area contributed by atoms with E-state index >= 15 is 0 Å². The van der Waals surface area contributed by atoms with Gasteiger partial charge in [-0.15, -0.1) is 0 Å². The predicted molar refractivity (Wildman–Crippen MR) is 86.3 cm³/mol. The quantitative estimate of drug-likeness (QED) is 0.828. The van der Waals surface area contributed by atoms with Crippen LogP contribution in [0.3, 0.4) is 0 Å². The largest absolute Gasteiger partial charge is 0.497 e. The molecule has 1 aromatic carbocycles. The van der Waals surface area contributed by atoms with Gasteiger partial charge in [0.05, 0.1) is 7.11 Å². The van der Waals surface area contributed by atoms with Gasteiger partial charge >= 0.3 is 0 Å². The Morgan fingerprint density at radius 1 is 1.30 bits per heavy atom. The van der Waals surface area contributed by atoms with Gasteiger partial charge in [-0.1, -0.05) is 18.9 Å². The second-order valence-corrected chi connectivity index (χ2v) is 6.36. The number of benzene rings is 1. The Bertz CT molecular complexity index is 493. The lowest BCUT2D eigenvalue weighted by Crippen LogP contribution is -2.49. The monoisotopic (exact) mass is 290 g/mol. The molecular formula is C16H22N2OS. The van der Waals surface area contributed by atoms with Crippen LogP contribution >= 0.6 is 12.2 Å². The zero-order valence-corrected chi connectivity index (χ0v) is 12.8. The van der Waals surface area contributed by atoms with Gasteiger partial charge in [-0.3, -0.25) is 0 Å². The van der Waals surface area contributed by atoms with E-state index in [0.717, 1.165) is 22.5 Å². The molecule has 0 aliphatic heterocycles. The first kappa shape index (κ1) is 13.7. The van der Waals surface area contributed by atoms with Gasteiger partial charge in [0.2, 0.25) is 0 Å². The standard InChI is InChI=1S/C16H22N2OS/c1-19-14-6-4-5-13(11-14)17-15(20)18-16(12-7-8-12)9-2-3-10-16/h4-6,11-12H,2-3,7-10H2,1H3,(H2,17,18,20). The summed E-state index contributed by atoms with van der Waals surface area (Å²) in [5.41, 5.74) is 1.24. The summed E-state index contributed by atoms with van der Waals surface area (Å²) >= 11 is 5.51.